The summed E-state index contributed by atoms with van der Waals surface area (Å²) in [5.41, 5.74) is 2.50. The SMILES string of the molecule is CC(=N)N(N)C(=O)c1ccc(-c2cnn3ccc(N4C(=O)OCC4C(C)C)nc23)cc1. The topological polar surface area (TPSA) is 130 Å². The summed E-state index contributed by atoms with van der Waals surface area (Å²) in [7, 11) is 0. The number of hydrogen-bond acceptors (Lipinski definition) is 7. The lowest BCUT2D eigenvalue weighted by atomic mass is 10.0. The molecule has 0 aliphatic carbocycles. The third-order valence-corrected chi connectivity index (χ3v) is 5.30. The highest BCUT2D eigenvalue weighted by molar-refractivity contribution is 6.04. The Kier molecular flexibility index (Phi) is 5.15. The number of cyclic esters (lactones) is 1. The van der Waals surface area contributed by atoms with Crippen molar-refractivity contribution in [2.45, 2.75) is 26.8 Å². The molecule has 0 saturated carbocycles. The van der Waals surface area contributed by atoms with Gasteiger partial charge in [-0.1, -0.05) is 26.0 Å². The number of carbonyl (C=O) groups is 2. The van der Waals surface area contributed by atoms with Crippen molar-refractivity contribution in [3.63, 3.8) is 0 Å². The van der Waals surface area contributed by atoms with Gasteiger partial charge >= 0.3 is 6.09 Å². The maximum atomic E-state index is 12.3. The van der Waals surface area contributed by atoms with Crippen LogP contribution in [-0.2, 0) is 4.74 Å². The summed E-state index contributed by atoms with van der Waals surface area (Å²) in [5, 5.41) is 12.6. The molecule has 160 valence electrons. The molecule has 3 heterocycles. The van der Waals surface area contributed by atoms with Crippen LogP contribution >= 0.6 is 0 Å². The van der Waals surface area contributed by atoms with Gasteiger partial charge in [0.15, 0.2) is 5.65 Å². The monoisotopic (exact) mass is 421 g/mol. The molecule has 3 aromatic rings. The van der Waals surface area contributed by atoms with Gasteiger partial charge in [-0.3, -0.25) is 15.1 Å². The first kappa shape index (κ1) is 20.5. The fourth-order valence-corrected chi connectivity index (χ4v) is 3.47. The van der Waals surface area contributed by atoms with E-state index in [2.05, 4.69) is 10.1 Å². The molecule has 0 radical (unpaired) electrons. The number of nitrogens with one attached hydrogen (secondary N) is 1. The third kappa shape index (κ3) is 3.61. The van der Waals surface area contributed by atoms with Crippen molar-refractivity contribution in [3.05, 3.63) is 48.3 Å². The van der Waals surface area contributed by atoms with Crippen LogP contribution in [-0.4, -0.2) is 50.1 Å². The van der Waals surface area contributed by atoms with Gasteiger partial charge in [0.25, 0.3) is 5.91 Å². The number of anilines is 1. The number of ether oxygens (including phenoxy) is 1. The van der Waals surface area contributed by atoms with Crippen LogP contribution in [0.5, 0.6) is 0 Å². The minimum Gasteiger partial charge on any atom is -0.447 e. The molecule has 10 heteroatoms. The highest BCUT2D eigenvalue weighted by Crippen LogP contribution is 2.29. The van der Waals surface area contributed by atoms with Crippen LogP contribution in [0.25, 0.3) is 16.8 Å². The number of hydrazine groups is 1. The zero-order chi connectivity index (χ0) is 22.3. The van der Waals surface area contributed by atoms with Gasteiger partial charge in [0, 0.05) is 17.3 Å². The minimum atomic E-state index is -0.466. The molecule has 3 N–H and O–H groups in total. The number of amidine groups is 1. The van der Waals surface area contributed by atoms with Crippen LogP contribution < -0.4 is 10.7 Å². The molecule has 2 aromatic heterocycles. The summed E-state index contributed by atoms with van der Waals surface area (Å²) in [6.07, 6.45) is 3.02. The number of amides is 2. The Morgan fingerprint density at radius 1 is 1.29 bits per heavy atom. The van der Waals surface area contributed by atoms with E-state index in [1.807, 2.05) is 13.8 Å². The average molecular weight is 421 g/mol. The normalized spacial score (nSPS) is 16.1. The average Bonchev–Trinajstić information content (AvgIpc) is 3.35. The lowest BCUT2D eigenvalue weighted by molar-refractivity contribution is 0.0845. The lowest BCUT2D eigenvalue weighted by Gasteiger charge is -2.23. The van der Waals surface area contributed by atoms with E-state index in [9.17, 15) is 9.59 Å². The predicted molar refractivity (Wildman–Crippen MR) is 115 cm³/mol. The number of hydrogen-bond donors (Lipinski definition) is 2. The van der Waals surface area contributed by atoms with Crippen molar-refractivity contribution < 1.29 is 14.3 Å². The second kappa shape index (κ2) is 7.80. The van der Waals surface area contributed by atoms with Crippen molar-refractivity contribution in [1.82, 2.24) is 19.6 Å². The molecular formula is C21H23N7O3. The summed E-state index contributed by atoms with van der Waals surface area (Å²) < 4.78 is 6.87. The minimum absolute atomic E-state index is 0.0476. The Hall–Kier alpha value is -3.79. The van der Waals surface area contributed by atoms with Gasteiger partial charge < -0.3 is 4.74 Å². The number of nitrogens with two attached hydrogens (primary N) is 1. The van der Waals surface area contributed by atoms with E-state index in [-0.39, 0.29) is 17.8 Å². The molecule has 4 rings (SSSR count). The maximum absolute atomic E-state index is 12.3. The summed E-state index contributed by atoms with van der Waals surface area (Å²) in [6, 6.07) is 8.47. The van der Waals surface area contributed by atoms with Crippen molar-refractivity contribution in [1.29, 1.82) is 5.41 Å². The first-order valence-corrected chi connectivity index (χ1v) is 9.83. The van der Waals surface area contributed by atoms with Crippen LogP contribution in [0.1, 0.15) is 31.1 Å². The Morgan fingerprint density at radius 2 is 2.00 bits per heavy atom. The molecule has 1 fully saturated rings. The first-order chi connectivity index (χ1) is 14.8. The number of fused-ring (bicyclic) bond motifs is 1. The summed E-state index contributed by atoms with van der Waals surface area (Å²) >= 11 is 0. The molecule has 0 bridgehead atoms. The lowest BCUT2D eigenvalue weighted by Crippen LogP contribution is -2.40. The number of nitrogens with zero attached hydrogens (tertiary/aromatic N) is 5. The summed E-state index contributed by atoms with van der Waals surface area (Å²) in [5.74, 6) is 5.81. The van der Waals surface area contributed by atoms with Crippen LogP contribution in [0.3, 0.4) is 0 Å². The van der Waals surface area contributed by atoms with Gasteiger partial charge in [-0.25, -0.2) is 25.1 Å². The number of rotatable bonds is 4. The van der Waals surface area contributed by atoms with Crippen LogP contribution in [0.2, 0.25) is 0 Å². The van der Waals surface area contributed by atoms with Crippen molar-refractivity contribution in [2.75, 3.05) is 11.5 Å². The highest BCUT2D eigenvalue weighted by Gasteiger charge is 2.37. The molecule has 1 aliphatic rings. The van der Waals surface area contributed by atoms with Crippen LogP contribution in [0.4, 0.5) is 10.6 Å². The summed E-state index contributed by atoms with van der Waals surface area (Å²) in [6.45, 7) is 5.84. The molecule has 1 aliphatic heterocycles. The van der Waals surface area contributed by atoms with Crippen LogP contribution in [0, 0.1) is 11.3 Å². The fraction of sp³-hybridized carbons (Fsp3) is 0.286. The quantitative estimate of drug-likeness (QED) is 0.219. The van der Waals surface area contributed by atoms with E-state index < -0.39 is 12.0 Å². The molecule has 1 unspecified atom stereocenters. The first-order valence-electron chi connectivity index (χ1n) is 9.83. The number of benzene rings is 1. The van der Waals surface area contributed by atoms with Gasteiger partial charge in [0.1, 0.15) is 18.3 Å². The fourth-order valence-electron chi connectivity index (χ4n) is 3.47. The largest absolute Gasteiger partial charge is 0.447 e. The van der Waals surface area contributed by atoms with Crippen molar-refractivity contribution in [2.24, 2.45) is 11.8 Å². The van der Waals surface area contributed by atoms with E-state index in [1.54, 1.807) is 52.1 Å². The Balaban J connectivity index is 1.69. The molecule has 0 spiro atoms. The standard InChI is InChI=1S/C21H23N7O3/c1-12(2)17-11-31-21(30)27(17)18-8-9-26-19(25-18)16(10-24-26)14-4-6-15(7-5-14)20(29)28(23)13(3)22/h4-10,12,17,22H,11,23H2,1-3H3. The zero-order valence-electron chi connectivity index (χ0n) is 17.4. The maximum Gasteiger partial charge on any atom is 0.415 e. The van der Waals surface area contributed by atoms with E-state index >= 15 is 0 Å². The Bertz CT molecular complexity index is 1170. The number of carbonyl (C=O) groups excluding carboxylic acids is 2. The molecule has 31 heavy (non-hydrogen) atoms. The van der Waals surface area contributed by atoms with Gasteiger partial charge in [-0.2, -0.15) is 5.10 Å². The molecule has 1 aromatic carbocycles. The molecule has 1 atom stereocenters. The van der Waals surface area contributed by atoms with Crippen LogP contribution in [0.15, 0.2) is 42.7 Å². The van der Waals surface area contributed by atoms with E-state index in [0.717, 1.165) is 16.1 Å². The molecule has 2 amide bonds. The second-order valence-corrected chi connectivity index (χ2v) is 7.71. The van der Waals surface area contributed by atoms with E-state index in [1.165, 1.54) is 6.92 Å². The van der Waals surface area contributed by atoms with Gasteiger partial charge in [-0.15, -0.1) is 0 Å². The molecular weight excluding hydrogens is 398 g/mol. The number of aromatic nitrogens is 3. The van der Waals surface area contributed by atoms with E-state index in [4.69, 9.17) is 16.0 Å². The third-order valence-electron chi connectivity index (χ3n) is 5.30. The van der Waals surface area contributed by atoms with Crippen molar-refractivity contribution >= 4 is 29.3 Å². The predicted octanol–water partition coefficient (Wildman–Crippen LogP) is 2.69. The van der Waals surface area contributed by atoms with Crippen molar-refractivity contribution in [3.8, 4) is 11.1 Å². The molecule has 10 nitrogen and oxygen atoms in total. The zero-order valence-corrected chi connectivity index (χ0v) is 17.4. The van der Waals surface area contributed by atoms with Gasteiger partial charge in [0.05, 0.1) is 12.2 Å². The molecule has 1 saturated heterocycles. The van der Waals surface area contributed by atoms with Gasteiger partial charge in [0.2, 0.25) is 0 Å². The Morgan fingerprint density at radius 3 is 2.65 bits per heavy atom. The summed E-state index contributed by atoms with van der Waals surface area (Å²) in [4.78, 5) is 30.9. The highest BCUT2D eigenvalue weighted by atomic mass is 16.6. The van der Waals surface area contributed by atoms with Gasteiger partial charge in [-0.05, 0) is 36.6 Å². The smallest absolute Gasteiger partial charge is 0.415 e. The Labute approximate surface area is 178 Å². The second-order valence-electron chi connectivity index (χ2n) is 7.71. The van der Waals surface area contributed by atoms with E-state index in [0.29, 0.717) is 23.6 Å².